The highest BCUT2D eigenvalue weighted by molar-refractivity contribution is 5.87. The zero-order valence-corrected chi connectivity index (χ0v) is 16.9. The molecule has 3 aromatic rings. The summed E-state index contributed by atoms with van der Waals surface area (Å²) in [5.41, 5.74) is 3.40. The molecule has 7 heteroatoms. The first-order valence-electron chi connectivity index (χ1n) is 9.05. The Labute approximate surface area is 170 Å². The number of aromatic nitrogens is 3. The van der Waals surface area contributed by atoms with E-state index in [4.69, 9.17) is 9.47 Å². The lowest BCUT2D eigenvalue weighted by molar-refractivity contribution is 0.354. The Morgan fingerprint density at radius 1 is 1.10 bits per heavy atom. The topological polar surface area (TPSA) is 87.1 Å². The predicted molar refractivity (Wildman–Crippen MR) is 113 cm³/mol. The van der Waals surface area contributed by atoms with Crippen molar-refractivity contribution in [2.75, 3.05) is 33.2 Å². The lowest BCUT2D eigenvalue weighted by Gasteiger charge is -2.11. The summed E-state index contributed by atoms with van der Waals surface area (Å²) in [4.78, 5) is 6.50. The summed E-state index contributed by atoms with van der Waals surface area (Å²) in [6.07, 6.45) is 2.31. The van der Waals surface area contributed by atoms with E-state index in [-0.39, 0.29) is 0 Å². The second-order valence-electron chi connectivity index (χ2n) is 6.63. The largest absolute Gasteiger partial charge is 0.493 e. The Bertz CT molecular complexity index is 1050. The Kier molecular flexibility index (Phi) is 6.15. The van der Waals surface area contributed by atoms with Gasteiger partial charge < -0.3 is 14.4 Å². The third kappa shape index (κ3) is 4.74. The minimum atomic E-state index is 0.375. The van der Waals surface area contributed by atoms with E-state index in [9.17, 15) is 5.26 Å². The van der Waals surface area contributed by atoms with Crippen LogP contribution in [0.1, 0.15) is 22.8 Å². The van der Waals surface area contributed by atoms with Gasteiger partial charge in [0.15, 0.2) is 17.3 Å². The molecule has 1 aromatic heterocycles. The molecule has 0 saturated carbocycles. The van der Waals surface area contributed by atoms with Crippen molar-refractivity contribution in [3.8, 4) is 17.6 Å². The van der Waals surface area contributed by atoms with Gasteiger partial charge in [-0.2, -0.15) is 10.4 Å². The zero-order chi connectivity index (χ0) is 20.8. The van der Waals surface area contributed by atoms with Gasteiger partial charge in [0.05, 0.1) is 19.8 Å². The minimum absolute atomic E-state index is 0.375. The first-order valence-corrected chi connectivity index (χ1v) is 9.05. The molecule has 0 atom stereocenters. The molecule has 2 aromatic carbocycles. The number of anilines is 1. The van der Waals surface area contributed by atoms with Crippen molar-refractivity contribution in [3.05, 3.63) is 65.2 Å². The lowest BCUT2D eigenvalue weighted by Crippen LogP contribution is -2.07. The molecule has 0 amide bonds. The van der Waals surface area contributed by atoms with Crippen LogP contribution in [0.15, 0.2) is 42.5 Å². The Balaban J connectivity index is 1.79. The third-order valence-electron chi connectivity index (χ3n) is 4.43. The standard InChI is InChI=1S/C22H23N5O2/c1-27(2)18-8-5-15(6-9-18)11-17(14-23)22-24-21(25-26-22)13-16-7-10-19(28-3)20(12-16)29-4/h5-12H,13H2,1-4H3,(H,24,25,26). The summed E-state index contributed by atoms with van der Waals surface area (Å²) in [6, 6.07) is 15.8. The van der Waals surface area contributed by atoms with Gasteiger partial charge in [-0.25, -0.2) is 4.98 Å². The summed E-state index contributed by atoms with van der Waals surface area (Å²) in [5, 5.41) is 16.7. The van der Waals surface area contributed by atoms with Gasteiger partial charge in [-0.15, -0.1) is 0 Å². The fraction of sp³-hybridized carbons (Fsp3) is 0.227. The first-order chi connectivity index (χ1) is 14.0. The Morgan fingerprint density at radius 3 is 2.45 bits per heavy atom. The number of ether oxygens (including phenoxy) is 2. The summed E-state index contributed by atoms with van der Waals surface area (Å²) in [7, 11) is 7.17. The number of hydrogen-bond donors (Lipinski definition) is 1. The fourth-order valence-corrected chi connectivity index (χ4v) is 2.86. The molecule has 148 valence electrons. The van der Waals surface area contributed by atoms with E-state index in [2.05, 4.69) is 21.3 Å². The summed E-state index contributed by atoms with van der Waals surface area (Å²) in [5.74, 6) is 2.36. The summed E-state index contributed by atoms with van der Waals surface area (Å²) >= 11 is 0. The number of nitrogens with zero attached hydrogens (tertiary/aromatic N) is 4. The second-order valence-corrected chi connectivity index (χ2v) is 6.63. The number of H-pyrrole nitrogens is 1. The SMILES string of the molecule is COc1ccc(Cc2nc(C(C#N)=Cc3ccc(N(C)C)cc3)n[nH]2)cc1OC. The highest BCUT2D eigenvalue weighted by Crippen LogP contribution is 2.28. The molecule has 0 aliphatic rings. The average molecular weight is 389 g/mol. The Morgan fingerprint density at radius 2 is 1.83 bits per heavy atom. The summed E-state index contributed by atoms with van der Waals surface area (Å²) < 4.78 is 10.6. The average Bonchev–Trinajstić information content (AvgIpc) is 3.20. The first kappa shape index (κ1) is 20.0. The van der Waals surface area contributed by atoms with Gasteiger partial charge in [0, 0.05) is 26.2 Å². The molecular formula is C22H23N5O2. The van der Waals surface area contributed by atoms with Crippen molar-refractivity contribution in [1.82, 2.24) is 15.2 Å². The van der Waals surface area contributed by atoms with E-state index in [1.54, 1.807) is 20.3 Å². The molecule has 0 fully saturated rings. The van der Waals surface area contributed by atoms with Gasteiger partial charge in [0.2, 0.25) is 0 Å². The van der Waals surface area contributed by atoms with Crippen LogP contribution in [0.4, 0.5) is 5.69 Å². The lowest BCUT2D eigenvalue weighted by atomic mass is 10.1. The molecule has 0 aliphatic carbocycles. The molecule has 1 heterocycles. The minimum Gasteiger partial charge on any atom is -0.493 e. The number of nitriles is 1. The van der Waals surface area contributed by atoms with Crippen molar-refractivity contribution in [1.29, 1.82) is 5.26 Å². The number of allylic oxidation sites excluding steroid dienone is 1. The van der Waals surface area contributed by atoms with E-state index in [0.717, 1.165) is 16.8 Å². The van der Waals surface area contributed by atoms with Crippen molar-refractivity contribution < 1.29 is 9.47 Å². The van der Waals surface area contributed by atoms with Gasteiger partial charge >= 0.3 is 0 Å². The second kappa shape index (κ2) is 8.93. The van der Waals surface area contributed by atoms with Crippen LogP contribution in [0.3, 0.4) is 0 Å². The molecule has 7 nitrogen and oxygen atoms in total. The number of hydrogen-bond acceptors (Lipinski definition) is 6. The number of methoxy groups -OCH3 is 2. The van der Waals surface area contributed by atoms with Crippen molar-refractivity contribution in [2.45, 2.75) is 6.42 Å². The van der Waals surface area contributed by atoms with Crippen LogP contribution in [-0.2, 0) is 6.42 Å². The molecule has 3 rings (SSSR count). The highest BCUT2D eigenvalue weighted by Gasteiger charge is 2.11. The molecule has 0 spiro atoms. The van der Waals surface area contributed by atoms with Crippen LogP contribution < -0.4 is 14.4 Å². The smallest absolute Gasteiger partial charge is 0.191 e. The Hall–Kier alpha value is -3.79. The van der Waals surface area contributed by atoms with E-state index < -0.39 is 0 Å². The van der Waals surface area contributed by atoms with Crippen LogP contribution >= 0.6 is 0 Å². The van der Waals surface area contributed by atoms with Gasteiger partial charge in [0.1, 0.15) is 11.9 Å². The molecule has 0 saturated heterocycles. The van der Waals surface area contributed by atoms with Crippen LogP contribution in [-0.4, -0.2) is 43.5 Å². The van der Waals surface area contributed by atoms with E-state index in [1.165, 1.54) is 0 Å². The fourth-order valence-electron chi connectivity index (χ4n) is 2.86. The zero-order valence-electron chi connectivity index (χ0n) is 16.9. The number of aromatic amines is 1. The van der Waals surface area contributed by atoms with Gasteiger partial charge in [-0.1, -0.05) is 18.2 Å². The molecule has 0 radical (unpaired) electrons. The van der Waals surface area contributed by atoms with Crippen LogP contribution in [0.25, 0.3) is 11.6 Å². The highest BCUT2D eigenvalue weighted by atomic mass is 16.5. The molecule has 0 bridgehead atoms. The maximum absolute atomic E-state index is 9.56. The van der Waals surface area contributed by atoms with Gasteiger partial charge in [-0.05, 0) is 41.5 Å². The van der Waals surface area contributed by atoms with Crippen molar-refractivity contribution in [3.63, 3.8) is 0 Å². The monoisotopic (exact) mass is 389 g/mol. The molecular weight excluding hydrogens is 366 g/mol. The molecule has 1 N–H and O–H groups in total. The quantitative estimate of drug-likeness (QED) is 0.622. The number of rotatable bonds is 7. The van der Waals surface area contributed by atoms with Crippen LogP contribution in [0.2, 0.25) is 0 Å². The normalized spacial score (nSPS) is 11.1. The number of benzene rings is 2. The molecule has 29 heavy (non-hydrogen) atoms. The van der Waals surface area contributed by atoms with E-state index in [1.807, 2.05) is 61.5 Å². The van der Waals surface area contributed by atoms with Gasteiger partial charge in [0.25, 0.3) is 0 Å². The third-order valence-corrected chi connectivity index (χ3v) is 4.43. The maximum atomic E-state index is 9.56. The predicted octanol–water partition coefficient (Wildman–Crippen LogP) is 3.54. The molecule has 0 unspecified atom stereocenters. The van der Waals surface area contributed by atoms with Gasteiger partial charge in [-0.3, -0.25) is 5.10 Å². The maximum Gasteiger partial charge on any atom is 0.191 e. The van der Waals surface area contributed by atoms with Crippen LogP contribution in [0.5, 0.6) is 11.5 Å². The summed E-state index contributed by atoms with van der Waals surface area (Å²) in [6.45, 7) is 0. The van der Waals surface area contributed by atoms with E-state index in [0.29, 0.717) is 35.1 Å². The van der Waals surface area contributed by atoms with E-state index >= 15 is 0 Å². The van der Waals surface area contributed by atoms with Crippen molar-refractivity contribution in [2.24, 2.45) is 0 Å². The molecule has 0 aliphatic heterocycles. The van der Waals surface area contributed by atoms with Crippen molar-refractivity contribution >= 4 is 17.3 Å². The van der Waals surface area contributed by atoms with Crippen LogP contribution in [0, 0.1) is 11.3 Å². The number of nitrogens with one attached hydrogen (secondary N) is 1.